The molecule has 1 aromatic carbocycles. The predicted octanol–water partition coefficient (Wildman–Crippen LogP) is 2.63. The zero-order valence-corrected chi connectivity index (χ0v) is 13.1. The first-order valence-electron chi connectivity index (χ1n) is 7.22. The van der Waals surface area contributed by atoms with Crippen LogP contribution in [0.3, 0.4) is 0 Å². The predicted molar refractivity (Wildman–Crippen MR) is 85.4 cm³/mol. The van der Waals surface area contributed by atoms with Crippen molar-refractivity contribution < 1.29 is 9.84 Å². The monoisotopic (exact) mass is 319 g/mol. The van der Waals surface area contributed by atoms with Crippen LogP contribution in [0.1, 0.15) is 18.4 Å². The Hall–Kier alpha value is -1.85. The third-order valence-corrected chi connectivity index (χ3v) is 4.40. The van der Waals surface area contributed by atoms with Crippen molar-refractivity contribution >= 4 is 17.5 Å². The highest BCUT2D eigenvalue weighted by Gasteiger charge is 2.36. The Kier molecular flexibility index (Phi) is 4.18. The molecule has 22 heavy (non-hydrogen) atoms. The lowest BCUT2D eigenvalue weighted by atomic mass is 9.84. The van der Waals surface area contributed by atoms with E-state index in [9.17, 15) is 5.11 Å². The number of ether oxygens (including phenoxy) is 1. The molecule has 0 aliphatic carbocycles. The van der Waals surface area contributed by atoms with Crippen LogP contribution in [0.2, 0.25) is 5.02 Å². The van der Waals surface area contributed by atoms with Crippen LogP contribution < -0.4 is 9.64 Å². The fourth-order valence-corrected chi connectivity index (χ4v) is 3.09. The van der Waals surface area contributed by atoms with E-state index in [1.54, 1.807) is 19.4 Å². The van der Waals surface area contributed by atoms with Crippen molar-refractivity contribution in [2.75, 3.05) is 25.1 Å². The molecule has 0 saturated carbocycles. The topological polar surface area (TPSA) is 58.5 Å². The first-order valence-corrected chi connectivity index (χ1v) is 7.59. The van der Waals surface area contributed by atoms with Crippen LogP contribution in [0.25, 0.3) is 0 Å². The largest absolute Gasteiger partial charge is 0.481 e. The van der Waals surface area contributed by atoms with Gasteiger partial charge in [-0.15, -0.1) is 0 Å². The molecule has 6 heteroatoms. The summed E-state index contributed by atoms with van der Waals surface area (Å²) < 4.78 is 5.13. The molecule has 0 unspecified atom stereocenters. The Bertz CT molecular complexity index is 657. The van der Waals surface area contributed by atoms with Crippen molar-refractivity contribution in [3.05, 3.63) is 47.1 Å². The molecule has 0 radical (unpaired) electrons. The zero-order valence-electron chi connectivity index (χ0n) is 12.4. The van der Waals surface area contributed by atoms with Gasteiger partial charge in [0.1, 0.15) is 0 Å². The van der Waals surface area contributed by atoms with Crippen molar-refractivity contribution in [2.45, 2.75) is 18.4 Å². The van der Waals surface area contributed by atoms with E-state index >= 15 is 0 Å². The number of benzene rings is 1. The highest BCUT2D eigenvalue weighted by atomic mass is 35.5. The van der Waals surface area contributed by atoms with Crippen LogP contribution in [0.4, 0.5) is 5.95 Å². The summed E-state index contributed by atoms with van der Waals surface area (Å²) in [6, 6.07) is 9.19. The summed E-state index contributed by atoms with van der Waals surface area (Å²) in [5, 5.41) is 11.5. The fraction of sp³-hybridized carbons (Fsp3) is 0.375. The van der Waals surface area contributed by atoms with E-state index in [0.29, 0.717) is 42.8 Å². The van der Waals surface area contributed by atoms with Crippen LogP contribution in [-0.4, -0.2) is 35.3 Å². The zero-order chi connectivity index (χ0) is 15.6. The third kappa shape index (κ3) is 2.87. The van der Waals surface area contributed by atoms with Crippen LogP contribution in [0.15, 0.2) is 36.5 Å². The van der Waals surface area contributed by atoms with Crippen LogP contribution >= 0.6 is 11.6 Å². The van der Waals surface area contributed by atoms with Crippen molar-refractivity contribution in [3.8, 4) is 5.88 Å². The second-order valence-electron chi connectivity index (χ2n) is 5.40. The van der Waals surface area contributed by atoms with Crippen molar-refractivity contribution in [1.29, 1.82) is 0 Å². The summed E-state index contributed by atoms with van der Waals surface area (Å²) in [6.07, 6.45) is 2.84. The Balaban J connectivity index is 1.76. The van der Waals surface area contributed by atoms with Crippen LogP contribution in [-0.2, 0) is 5.60 Å². The molecule has 0 atom stereocenters. The minimum Gasteiger partial charge on any atom is -0.481 e. The summed E-state index contributed by atoms with van der Waals surface area (Å²) in [6.45, 7) is 1.32. The standard InChI is InChI=1S/C16H18ClN3O2/c1-22-14-6-9-18-15(19-14)20-10-7-16(21,8-11-20)12-4-2-3-5-13(12)17/h2-6,9,21H,7-8,10-11H2,1H3. The molecule has 1 fully saturated rings. The number of aliphatic hydroxyl groups is 1. The van der Waals surface area contributed by atoms with Gasteiger partial charge < -0.3 is 14.7 Å². The maximum Gasteiger partial charge on any atom is 0.228 e. The lowest BCUT2D eigenvalue weighted by Gasteiger charge is -2.38. The van der Waals surface area contributed by atoms with Crippen LogP contribution in [0, 0.1) is 0 Å². The Morgan fingerprint density at radius 3 is 2.64 bits per heavy atom. The molecule has 2 heterocycles. The minimum absolute atomic E-state index is 0.539. The molecule has 1 aromatic heterocycles. The van der Waals surface area contributed by atoms with Gasteiger partial charge in [0.05, 0.1) is 12.7 Å². The molecule has 2 aromatic rings. The summed E-state index contributed by atoms with van der Waals surface area (Å²) in [5.74, 6) is 1.16. The first kappa shape index (κ1) is 15.1. The molecule has 116 valence electrons. The summed E-state index contributed by atoms with van der Waals surface area (Å²) >= 11 is 6.23. The number of methoxy groups -OCH3 is 1. The molecule has 0 amide bonds. The third-order valence-electron chi connectivity index (χ3n) is 4.08. The Labute approximate surface area is 134 Å². The van der Waals surface area contributed by atoms with Crippen LogP contribution in [0.5, 0.6) is 5.88 Å². The normalized spacial score (nSPS) is 17.3. The Morgan fingerprint density at radius 1 is 1.23 bits per heavy atom. The maximum absolute atomic E-state index is 10.9. The van der Waals surface area contributed by atoms with Gasteiger partial charge in [0.15, 0.2) is 0 Å². The smallest absolute Gasteiger partial charge is 0.228 e. The van der Waals surface area contributed by atoms with Gasteiger partial charge in [0.2, 0.25) is 11.8 Å². The number of rotatable bonds is 3. The van der Waals surface area contributed by atoms with Gasteiger partial charge in [-0.3, -0.25) is 0 Å². The summed E-state index contributed by atoms with van der Waals surface area (Å²) in [5.41, 5.74) is -0.101. The van der Waals surface area contributed by atoms with Crippen molar-refractivity contribution in [1.82, 2.24) is 9.97 Å². The van der Waals surface area contributed by atoms with Gasteiger partial charge >= 0.3 is 0 Å². The molecular formula is C16H18ClN3O2. The number of aromatic nitrogens is 2. The molecule has 1 N–H and O–H groups in total. The van der Waals surface area contributed by atoms with E-state index in [-0.39, 0.29) is 0 Å². The summed E-state index contributed by atoms with van der Waals surface area (Å²) in [4.78, 5) is 10.7. The van der Waals surface area contributed by atoms with E-state index in [2.05, 4.69) is 9.97 Å². The lowest BCUT2D eigenvalue weighted by molar-refractivity contribution is 0.0116. The molecule has 3 rings (SSSR count). The number of hydrogen-bond acceptors (Lipinski definition) is 5. The number of halogens is 1. The van der Waals surface area contributed by atoms with Gasteiger partial charge in [-0.05, 0) is 18.9 Å². The highest BCUT2D eigenvalue weighted by molar-refractivity contribution is 6.31. The quantitative estimate of drug-likeness (QED) is 0.942. The molecule has 1 aliphatic heterocycles. The minimum atomic E-state index is -0.895. The fourth-order valence-electron chi connectivity index (χ4n) is 2.78. The van der Waals surface area contributed by atoms with Crippen molar-refractivity contribution in [2.24, 2.45) is 0 Å². The van der Waals surface area contributed by atoms with E-state index < -0.39 is 5.60 Å². The molecule has 0 bridgehead atoms. The van der Waals surface area contributed by atoms with Gasteiger partial charge in [-0.25, -0.2) is 4.98 Å². The second-order valence-corrected chi connectivity index (χ2v) is 5.80. The number of anilines is 1. The first-order chi connectivity index (χ1) is 10.6. The molecular weight excluding hydrogens is 302 g/mol. The number of nitrogens with zero attached hydrogens (tertiary/aromatic N) is 3. The van der Waals surface area contributed by atoms with E-state index in [0.717, 1.165) is 5.56 Å². The van der Waals surface area contributed by atoms with E-state index in [1.807, 2.05) is 29.2 Å². The highest BCUT2D eigenvalue weighted by Crippen LogP contribution is 2.37. The molecule has 5 nitrogen and oxygen atoms in total. The molecule has 1 aliphatic rings. The van der Waals surface area contributed by atoms with Gasteiger partial charge in [-0.2, -0.15) is 4.98 Å². The summed E-state index contributed by atoms with van der Waals surface area (Å²) in [7, 11) is 1.58. The van der Waals surface area contributed by atoms with Gasteiger partial charge in [0, 0.05) is 35.9 Å². The van der Waals surface area contributed by atoms with Gasteiger partial charge in [-0.1, -0.05) is 29.8 Å². The Morgan fingerprint density at radius 2 is 1.95 bits per heavy atom. The SMILES string of the molecule is COc1ccnc(N2CCC(O)(c3ccccc3Cl)CC2)n1. The van der Waals surface area contributed by atoms with E-state index in [1.165, 1.54) is 0 Å². The number of piperidine rings is 1. The van der Waals surface area contributed by atoms with E-state index in [4.69, 9.17) is 16.3 Å². The van der Waals surface area contributed by atoms with Crippen molar-refractivity contribution in [3.63, 3.8) is 0 Å². The number of hydrogen-bond donors (Lipinski definition) is 1. The lowest BCUT2D eigenvalue weighted by Crippen LogP contribution is -2.43. The maximum atomic E-state index is 10.9. The average Bonchev–Trinajstić information content (AvgIpc) is 2.56. The molecule has 1 saturated heterocycles. The average molecular weight is 320 g/mol. The second kappa shape index (κ2) is 6.10. The molecule has 0 spiro atoms. The van der Waals surface area contributed by atoms with Gasteiger partial charge in [0.25, 0.3) is 0 Å².